The standard InChI is InChI=1S/C16H11ClFN3/c1-10-5-15-14(7-13(10)18)20-16(8-17)21(15)12-4-2-3-11(6-12)9-19/h2-7H,8H2,1H3. The van der Waals surface area contributed by atoms with E-state index in [2.05, 4.69) is 11.1 Å². The van der Waals surface area contributed by atoms with Crippen LogP contribution in [0.2, 0.25) is 0 Å². The minimum atomic E-state index is -0.293. The predicted molar refractivity (Wildman–Crippen MR) is 80.0 cm³/mol. The molecule has 0 aliphatic heterocycles. The Kier molecular flexibility index (Phi) is 3.36. The summed E-state index contributed by atoms with van der Waals surface area (Å²) in [5, 5.41) is 9.03. The second-order valence-corrected chi connectivity index (χ2v) is 5.02. The Morgan fingerprint density at radius 1 is 1.33 bits per heavy atom. The van der Waals surface area contributed by atoms with Gasteiger partial charge in [0.05, 0.1) is 28.5 Å². The first-order chi connectivity index (χ1) is 10.1. The van der Waals surface area contributed by atoms with Crippen molar-refractivity contribution in [1.29, 1.82) is 5.26 Å². The van der Waals surface area contributed by atoms with Gasteiger partial charge in [-0.05, 0) is 36.8 Å². The number of nitriles is 1. The van der Waals surface area contributed by atoms with E-state index in [4.69, 9.17) is 16.9 Å². The van der Waals surface area contributed by atoms with Crippen molar-refractivity contribution in [1.82, 2.24) is 9.55 Å². The average Bonchev–Trinajstić information content (AvgIpc) is 2.85. The first-order valence-corrected chi connectivity index (χ1v) is 6.91. The SMILES string of the molecule is Cc1cc2c(cc1F)nc(CCl)n2-c1cccc(C#N)c1. The lowest BCUT2D eigenvalue weighted by Gasteiger charge is -2.08. The Morgan fingerprint density at radius 3 is 2.86 bits per heavy atom. The van der Waals surface area contributed by atoms with E-state index >= 15 is 0 Å². The molecule has 0 unspecified atom stereocenters. The van der Waals surface area contributed by atoms with Crippen LogP contribution in [0.25, 0.3) is 16.7 Å². The summed E-state index contributed by atoms with van der Waals surface area (Å²) in [7, 11) is 0. The van der Waals surface area contributed by atoms with Gasteiger partial charge in [-0.15, -0.1) is 11.6 Å². The molecule has 0 saturated carbocycles. The third-order valence-corrected chi connectivity index (χ3v) is 3.60. The van der Waals surface area contributed by atoms with Gasteiger partial charge in [-0.1, -0.05) is 6.07 Å². The molecule has 1 heterocycles. The summed E-state index contributed by atoms with van der Waals surface area (Å²) in [5.74, 6) is 0.525. The van der Waals surface area contributed by atoms with Crippen LogP contribution in [0.15, 0.2) is 36.4 Å². The molecule has 1 aromatic heterocycles. The van der Waals surface area contributed by atoms with Crippen LogP contribution in [-0.2, 0) is 5.88 Å². The second kappa shape index (κ2) is 5.19. The highest BCUT2D eigenvalue weighted by atomic mass is 35.5. The molecular formula is C16H11ClFN3. The molecule has 0 atom stereocenters. The molecule has 0 N–H and O–H groups in total. The normalized spacial score (nSPS) is 10.8. The summed E-state index contributed by atoms with van der Waals surface area (Å²) in [6.07, 6.45) is 0. The molecule has 0 amide bonds. The number of halogens is 2. The quantitative estimate of drug-likeness (QED) is 0.669. The summed E-state index contributed by atoms with van der Waals surface area (Å²) >= 11 is 5.96. The monoisotopic (exact) mass is 299 g/mol. The van der Waals surface area contributed by atoms with E-state index in [0.29, 0.717) is 22.5 Å². The van der Waals surface area contributed by atoms with Gasteiger partial charge >= 0.3 is 0 Å². The molecule has 0 fully saturated rings. The molecule has 5 heteroatoms. The van der Waals surface area contributed by atoms with Gasteiger partial charge in [0.25, 0.3) is 0 Å². The number of aryl methyl sites for hydroxylation is 1. The number of aromatic nitrogens is 2. The lowest BCUT2D eigenvalue weighted by molar-refractivity contribution is 0.620. The van der Waals surface area contributed by atoms with Crippen molar-refractivity contribution in [3.63, 3.8) is 0 Å². The third-order valence-electron chi connectivity index (χ3n) is 3.36. The molecule has 0 aliphatic rings. The van der Waals surface area contributed by atoms with Gasteiger partial charge in [0, 0.05) is 11.8 Å². The van der Waals surface area contributed by atoms with Gasteiger partial charge in [-0.25, -0.2) is 9.37 Å². The van der Waals surface area contributed by atoms with Crippen molar-refractivity contribution < 1.29 is 4.39 Å². The maximum absolute atomic E-state index is 13.7. The van der Waals surface area contributed by atoms with E-state index in [1.165, 1.54) is 6.07 Å². The Balaban J connectivity index is 2.34. The average molecular weight is 300 g/mol. The first-order valence-electron chi connectivity index (χ1n) is 6.38. The molecule has 104 valence electrons. The maximum atomic E-state index is 13.7. The van der Waals surface area contributed by atoms with Crippen LogP contribution in [0, 0.1) is 24.1 Å². The Bertz CT molecular complexity index is 877. The van der Waals surface area contributed by atoms with E-state index in [0.717, 1.165) is 11.2 Å². The number of fused-ring (bicyclic) bond motifs is 1. The number of hydrogen-bond acceptors (Lipinski definition) is 2. The molecule has 2 aromatic carbocycles. The number of rotatable bonds is 2. The van der Waals surface area contributed by atoms with Gasteiger partial charge in [0.2, 0.25) is 0 Å². The fraction of sp³-hybridized carbons (Fsp3) is 0.125. The van der Waals surface area contributed by atoms with Crippen molar-refractivity contribution in [3.8, 4) is 11.8 Å². The lowest BCUT2D eigenvalue weighted by Crippen LogP contribution is -1.99. The van der Waals surface area contributed by atoms with E-state index in [9.17, 15) is 4.39 Å². The number of benzene rings is 2. The predicted octanol–water partition coefficient (Wildman–Crippen LogP) is 4.08. The van der Waals surface area contributed by atoms with Crippen LogP contribution in [0.3, 0.4) is 0 Å². The van der Waals surface area contributed by atoms with Crippen molar-refractivity contribution >= 4 is 22.6 Å². The zero-order valence-corrected chi connectivity index (χ0v) is 12.0. The third kappa shape index (κ3) is 2.26. The summed E-state index contributed by atoms with van der Waals surface area (Å²) < 4.78 is 15.5. The molecule has 3 aromatic rings. The molecular weight excluding hydrogens is 289 g/mol. The Morgan fingerprint density at radius 2 is 2.14 bits per heavy atom. The van der Waals surface area contributed by atoms with Crippen LogP contribution in [0.1, 0.15) is 17.0 Å². The summed E-state index contributed by atoms with van der Waals surface area (Å²) in [5.41, 5.74) is 3.21. The molecule has 0 bridgehead atoms. The fourth-order valence-corrected chi connectivity index (χ4v) is 2.52. The van der Waals surface area contributed by atoms with Crippen LogP contribution >= 0.6 is 11.6 Å². The van der Waals surface area contributed by atoms with Crippen molar-refractivity contribution in [2.45, 2.75) is 12.8 Å². The lowest BCUT2D eigenvalue weighted by atomic mass is 10.2. The molecule has 21 heavy (non-hydrogen) atoms. The van der Waals surface area contributed by atoms with Gasteiger partial charge in [0.1, 0.15) is 11.6 Å². The van der Waals surface area contributed by atoms with Crippen LogP contribution in [0.4, 0.5) is 4.39 Å². The van der Waals surface area contributed by atoms with E-state index < -0.39 is 0 Å². The van der Waals surface area contributed by atoms with Crippen LogP contribution in [-0.4, -0.2) is 9.55 Å². The topological polar surface area (TPSA) is 41.6 Å². The highest BCUT2D eigenvalue weighted by Crippen LogP contribution is 2.25. The van der Waals surface area contributed by atoms with Crippen molar-refractivity contribution in [2.75, 3.05) is 0 Å². The minimum absolute atomic E-state index is 0.201. The van der Waals surface area contributed by atoms with E-state index in [-0.39, 0.29) is 11.7 Å². The minimum Gasteiger partial charge on any atom is -0.295 e. The summed E-state index contributed by atoms with van der Waals surface area (Å²) in [6, 6.07) is 12.4. The van der Waals surface area contributed by atoms with Gasteiger partial charge in [-0.3, -0.25) is 4.57 Å². The maximum Gasteiger partial charge on any atom is 0.129 e. The highest BCUT2D eigenvalue weighted by Gasteiger charge is 2.14. The zero-order chi connectivity index (χ0) is 15.0. The summed E-state index contributed by atoms with van der Waals surface area (Å²) in [6.45, 7) is 1.71. The van der Waals surface area contributed by atoms with E-state index in [1.54, 1.807) is 31.2 Å². The van der Waals surface area contributed by atoms with E-state index in [1.807, 2.05) is 10.6 Å². The smallest absolute Gasteiger partial charge is 0.129 e. The molecule has 0 aliphatic carbocycles. The molecule has 3 rings (SSSR count). The summed E-state index contributed by atoms with van der Waals surface area (Å²) in [4.78, 5) is 4.37. The first kappa shape index (κ1) is 13.6. The molecule has 3 nitrogen and oxygen atoms in total. The second-order valence-electron chi connectivity index (χ2n) is 4.75. The number of alkyl halides is 1. The van der Waals surface area contributed by atoms with Crippen molar-refractivity contribution in [3.05, 3.63) is 59.2 Å². The Hall–Kier alpha value is -2.38. The molecule has 0 spiro atoms. The number of nitrogens with zero attached hydrogens (tertiary/aromatic N) is 3. The van der Waals surface area contributed by atoms with Gasteiger partial charge in [-0.2, -0.15) is 5.26 Å². The zero-order valence-electron chi connectivity index (χ0n) is 11.3. The number of imidazole rings is 1. The molecule has 0 saturated heterocycles. The Labute approximate surface area is 126 Å². The van der Waals surface area contributed by atoms with Crippen LogP contribution in [0.5, 0.6) is 0 Å². The highest BCUT2D eigenvalue weighted by molar-refractivity contribution is 6.17. The molecule has 0 radical (unpaired) electrons. The van der Waals surface area contributed by atoms with Gasteiger partial charge < -0.3 is 0 Å². The van der Waals surface area contributed by atoms with Gasteiger partial charge in [0.15, 0.2) is 0 Å². The van der Waals surface area contributed by atoms with Crippen LogP contribution < -0.4 is 0 Å². The largest absolute Gasteiger partial charge is 0.295 e. The van der Waals surface area contributed by atoms with Crippen molar-refractivity contribution in [2.24, 2.45) is 0 Å². The fourth-order valence-electron chi connectivity index (χ4n) is 2.34. The number of hydrogen-bond donors (Lipinski definition) is 0.